The third kappa shape index (κ3) is 5.56. The molecule has 30 heavy (non-hydrogen) atoms. The average Bonchev–Trinajstić information content (AvgIpc) is 3.17. The lowest BCUT2D eigenvalue weighted by Gasteiger charge is -2.17. The predicted molar refractivity (Wildman–Crippen MR) is 116 cm³/mol. The van der Waals surface area contributed by atoms with Crippen molar-refractivity contribution in [2.24, 2.45) is 5.92 Å². The predicted octanol–water partition coefficient (Wildman–Crippen LogP) is 3.92. The first-order valence-corrected chi connectivity index (χ1v) is 10.1. The van der Waals surface area contributed by atoms with Crippen LogP contribution in [-0.4, -0.2) is 34.3 Å². The van der Waals surface area contributed by atoms with Crippen LogP contribution in [0.1, 0.15) is 36.7 Å². The first-order valence-electron chi connectivity index (χ1n) is 10.1. The number of aromatic nitrogens is 2. The number of amides is 1. The number of benzene rings is 2. The second-order valence-electron chi connectivity index (χ2n) is 7.62. The van der Waals surface area contributed by atoms with Gasteiger partial charge in [-0.1, -0.05) is 74.5 Å². The van der Waals surface area contributed by atoms with E-state index in [1.54, 1.807) is 10.9 Å². The van der Waals surface area contributed by atoms with Gasteiger partial charge in [0, 0.05) is 17.8 Å². The van der Waals surface area contributed by atoms with Crippen LogP contribution in [0.5, 0.6) is 0 Å². The molecule has 1 N–H and O–H groups in total. The molecule has 0 saturated heterocycles. The molecule has 1 atom stereocenters. The molecule has 0 aliphatic carbocycles. The molecule has 6 heteroatoms. The summed E-state index contributed by atoms with van der Waals surface area (Å²) in [5, 5.41) is 7.44. The molecule has 1 amide bonds. The highest BCUT2D eigenvalue weighted by molar-refractivity contribution is 5.97. The Kier molecular flexibility index (Phi) is 7.01. The Hall–Kier alpha value is -3.41. The van der Waals surface area contributed by atoms with Gasteiger partial charge in [0.2, 0.25) is 0 Å². The second-order valence-corrected chi connectivity index (χ2v) is 7.62. The first-order chi connectivity index (χ1) is 14.4. The molecule has 0 saturated carbocycles. The number of hydrogen-bond acceptors (Lipinski definition) is 4. The lowest BCUT2D eigenvalue weighted by molar-refractivity contribution is -0.125. The van der Waals surface area contributed by atoms with Crippen molar-refractivity contribution >= 4 is 11.9 Å². The van der Waals surface area contributed by atoms with Crippen LogP contribution in [0.15, 0.2) is 66.9 Å². The number of esters is 1. The van der Waals surface area contributed by atoms with E-state index < -0.39 is 5.97 Å². The van der Waals surface area contributed by atoms with Crippen molar-refractivity contribution in [2.75, 3.05) is 6.61 Å². The van der Waals surface area contributed by atoms with E-state index in [0.717, 1.165) is 11.1 Å². The van der Waals surface area contributed by atoms with Gasteiger partial charge in [-0.3, -0.25) is 9.48 Å². The van der Waals surface area contributed by atoms with Gasteiger partial charge in [0.1, 0.15) is 11.3 Å². The highest BCUT2D eigenvalue weighted by atomic mass is 16.5. The van der Waals surface area contributed by atoms with Gasteiger partial charge in [0.15, 0.2) is 6.61 Å². The third-order valence-electron chi connectivity index (χ3n) is 4.94. The van der Waals surface area contributed by atoms with Crippen LogP contribution < -0.4 is 5.32 Å². The van der Waals surface area contributed by atoms with E-state index in [2.05, 4.69) is 10.4 Å². The lowest BCUT2D eigenvalue weighted by Crippen LogP contribution is -2.38. The number of ether oxygens (including phenoxy) is 1. The molecular formula is C24H27N3O3. The minimum Gasteiger partial charge on any atom is -0.452 e. The van der Waals surface area contributed by atoms with Crippen LogP contribution in [0, 0.1) is 5.92 Å². The standard InChI is InChI=1S/C24H27N3O3/c1-17(2)18(3)25-22(28)16-30-24(29)21-15-27(14-19-10-6-4-7-11-19)26-23(21)20-12-8-5-9-13-20/h4-13,15,17-18H,14,16H2,1-3H3,(H,25,28)/t18-/m1/s1. The van der Waals surface area contributed by atoms with Crippen molar-refractivity contribution in [2.45, 2.75) is 33.4 Å². The smallest absolute Gasteiger partial charge is 0.342 e. The maximum Gasteiger partial charge on any atom is 0.342 e. The van der Waals surface area contributed by atoms with Crippen molar-refractivity contribution in [1.82, 2.24) is 15.1 Å². The molecule has 1 aromatic heterocycles. The molecule has 0 radical (unpaired) electrons. The Labute approximate surface area is 176 Å². The Balaban J connectivity index is 1.78. The molecule has 0 aliphatic rings. The van der Waals surface area contributed by atoms with Gasteiger partial charge in [-0.2, -0.15) is 5.10 Å². The maximum absolute atomic E-state index is 12.8. The van der Waals surface area contributed by atoms with Gasteiger partial charge < -0.3 is 10.1 Å². The largest absolute Gasteiger partial charge is 0.452 e. The third-order valence-corrected chi connectivity index (χ3v) is 4.94. The Morgan fingerprint density at radius 1 is 1.00 bits per heavy atom. The van der Waals surface area contributed by atoms with Crippen LogP contribution in [0.4, 0.5) is 0 Å². The van der Waals surface area contributed by atoms with Gasteiger partial charge in [-0.15, -0.1) is 0 Å². The van der Waals surface area contributed by atoms with Crippen LogP contribution in [-0.2, 0) is 16.1 Å². The van der Waals surface area contributed by atoms with Crippen LogP contribution in [0.3, 0.4) is 0 Å². The average molecular weight is 405 g/mol. The molecule has 6 nitrogen and oxygen atoms in total. The van der Waals surface area contributed by atoms with Gasteiger partial charge in [0.25, 0.3) is 5.91 Å². The zero-order valence-corrected chi connectivity index (χ0v) is 17.5. The van der Waals surface area contributed by atoms with Crippen LogP contribution in [0.25, 0.3) is 11.3 Å². The number of carbonyl (C=O) groups excluding carboxylic acids is 2. The van der Waals surface area contributed by atoms with Crippen molar-refractivity contribution in [3.63, 3.8) is 0 Å². The van der Waals surface area contributed by atoms with Crippen molar-refractivity contribution < 1.29 is 14.3 Å². The quantitative estimate of drug-likeness (QED) is 0.577. The topological polar surface area (TPSA) is 73.2 Å². The molecule has 0 aliphatic heterocycles. The summed E-state index contributed by atoms with van der Waals surface area (Å²) in [6.45, 7) is 6.16. The molecule has 0 fully saturated rings. The van der Waals surface area contributed by atoms with Gasteiger partial charge in [0.05, 0.1) is 6.54 Å². The van der Waals surface area contributed by atoms with Crippen molar-refractivity contribution in [3.8, 4) is 11.3 Å². The first kappa shape index (κ1) is 21.3. The van der Waals surface area contributed by atoms with E-state index >= 15 is 0 Å². The van der Waals surface area contributed by atoms with Crippen LogP contribution in [0.2, 0.25) is 0 Å². The fraction of sp³-hybridized carbons (Fsp3) is 0.292. The van der Waals surface area contributed by atoms with E-state index in [-0.39, 0.29) is 18.6 Å². The van der Waals surface area contributed by atoms with E-state index in [4.69, 9.17) is 4.74 Å². The second kappa shape index (κ2) is 9.87. The zero-order chi connectivity index (χ0) is 21.5. The molecular weight excluding hydrogens is 378 g/mol. The summed E-state index contributed by atoms with van der Waals surface area (Å²) in [6.07, 6.45) is 1.67. The summed E-state index contributed by atoms with van der Waals surface area (Å²) in [4.78, 5) is 24.9. The number of carbonyl (C=O) groups is 2. The minimum atomic E-state index is -0.569. The molecule has 0 unspecified atom stereocenters. The van der Waals surface area contributed by atoms with E-state index in [1.807, 2.05) is 81.4 Å². The van der Waals surface area contributed by atoms with Gasteiger partial charge in [-0.05, 0) is 18.4 Å². The summed E-state index contributed by atoms with van der Waals surface area (Å²) in [6, 6.07) is 19.4. The SMILES string of the molecule is CC(C)[C@@H](C)NC(=O)COC(=O)c1cn(Cc2ccccc2)nc1-c1ccccc1. The Morgan fingerprint density at radius 2 is 1.63 bits per heavy atom. The van der Waals surface area contributed by atoms with E-state index in [9.17, 15) is 9.59 Å². The maximum atomic E-state index is 12.8. The molecule has 2 aromatic carbocycles. The molecule has 0 spiro atoms. The summed E-state index contributed by atoms with van der Waals surface area (Å²) in [5.41, 5.74) is 2.75. The number of hydrogen-bond donors (Lipinski definition) is 1. The van der Waals surface area contributed by atoms with Crippen LogP contribution >= 0.6 is 0 Å². The molecule has 1 heterocycles. The summed E-state index contributed by atoms with van der Waals surface area (Å²) in [7, 11) is 0. The van der Waals surface area contributed by atoms with Crippen molar-refractivity contribution in [1.29, 1.82) is 0 Å². The van der Waals surface area contributed by atoms with Gasteiger partial charge in [-0.25, -0.2) is 4.79 Å². The van der Waals surface area contributed by atoms with E-state index in [0.29, 0.717) is 23.7 Å². The lowest BCUT2D eigenvalue weighted by atomic mass is 10.1. The summed E-state index contributed by atoms with van der Waals surface area (Å²) >= 11 is 0. The number of nitrogens with zero attached hydrogens (tertiary/aromatic N) is 2. The van der Waals surface area contributed by atoms with E-state index in [1.165, 1.54) is 0 Å². The fourth-order valence-electron chi connectivity index (χ4n) is 2.90. The molecule has 0 bridgehead atoms. The molecule has 156 valence electrons. The van der Waals surface area contributed by atoms with Crippen molar-refractivity contribution in [3.05, 3.63) is 78.0 Å². The fourth-order valence-corrected chi connectivity index (χ4v) is 2.90. The molecule has 3 rings (SSSR count). The number of nitrogens with one attached hydrogen (secondary N) is 1. The molecule has 3 aromatic rings. The number of rotatable bonds is 8. The normalized spacial score (nSPS) is 11.9. The Bertz CT molecular complexity index is 981. The Morgan fingerprint density at radius 3 is 2.27 bits per heavy atom. The van der Waals surface area contributed by atoms with Gasteiger partial charge >= 0.3 is 5.97 Å². The highest BCUT2D eigenvalue weighted by Gasteiger charge is 2.21. The highest BCUT2D eigenvalue weighted by Crippen LogP contribution is 2.23. The monoisotopic (exact) mass is 405 g/mol. The zero-order valence-electron chi connectivity index (χ0n) is 17.5. The summed E-state index contributed by atoms with van der Waals surface area (Å²) < 4.78 is 7.01. The minimum absolute atomic E-state index is 0.00436. The summed E-state index contributed by atoms with van der Waals surface area (Å²) in [5.74, 6) is -0.589.